The molecule has 3 heterocycles. The lowest BCUT2D eigenvalue weighted by molar-refractivity contribution is -0.00808. The Balaban J connectivity index is 1.49. The van der Waals surface area contributed by atoms with Crippen molar-refractivity contribution in [1.29, 1.82) is 0 Å². The van der Waals surface area contributed by atoms with E-state index < -0.39 is 11.6 Å². The van der Waals surface area contributed by atoms with Crippen molar-refractivity contribution in [2.24, 2.45) is 5.92 Å². The third-order valence-corrected chi connectivity index (χ3v) is 3.96. The molecule has 0 saturated carbocycles. The van der Waals surface area contributed by atoms with E-state index in [4.69, 9.17) is 14.6 Å². The Labute approximate surface area is 162 Å². The molecule has 9 nitrogen and oxygen atoms in total. The lowest BCUT2D eigenvalue weighted by Crippen LogP contribution is -2.53. The van der Waals surface area contributed by atoms with Crippen LogP contribution in [0.15, 0.2) is 30.7 Å². The van der Waals surface area contributed by atoms with Crippen LogP contribution in [0, 0.1) is 5.92 Å². The highest BCUT2D eigenvalue weighted by molar-refractivity contribution is 5.85. The maximum Gasteiger partial charge on any atom is 0.410 e. The van der Waals surface area contributed by atoms with Gasteiger partial charge in [0.15, 0.2) is 5.69 Å². The van der Waals surface area contributed by atoms with Crippen molar-refractivity contribution >= 4 is 12.1 Å². The number of rotatable bonds is 5. The lowest BCUT2D eigenvalue weighted by atomic mass is 10.0. The molecule has 0 bridgehead atoms. The highest BCUT2D eigenvalue weighted by Crippen LogP contribution is 2.22. The normalized spacial score (nSPS) is 14.3. The molecule has 28 heavy (non-hydrogen) atoms. The monoisotopic (exact) mass is 386 g/mol. The zero-order valence-electron chi connectivity index (χ0n) is 16.0. The molecular weight excluding hydrogens is 364 g/mol. The van der Waals surface area contributed by atoms with Crippen LogP contribution in [-0.4, -0.2) is 62.3 Å². The van der Waals surface area contributed by atoms with Crippen LogP contribution in [0.3, 0.4) is 0 Å². The maximum absolute atomic E-state index is 11.9. The van der Waals surface area contributed by atoms with E-state index in [-0.39, 0.29) is 17.7 Å². The van der Waals surface area contributed by atoms with Gasteiger partial charge in [0.2, 0.25) is 5.88 Å². The van der Waals surface area contributed by atoms with Crippen LogP contribution in [0.1, 0.15) is 31.3 Å². The van der Waals surface area contributed by atoms with Crippen molar-refractivity contribution in [3.8, 4) is 17.1 Å². The SMILES string of the molecule is CC(C)(C)OC(=O)N1CC(COc2ccc(-c3cncc(C(=O)O)n3)cn2)C1. The summed E-state index contributed by atoms with van der Waals surface area (Å²) in [4.78, 5) is 36.7. The molecule has 148 valence electrons. The molecule has 0 spiro atoms. The average Bonchev–Trinajstić information content (AvgIpc) is 2.59. The second-order valence-corrected chi connectivity index (χ2v) is 7.54. The van der Waals surface area contributed by atoms with Crippen molar-refractivity contribution in [2.75, 3.05) is 19.7 Å². The van der Waals surface area contributed by atoms with Gasteiger partial charge in [0.05, 0.1) is 24.7 Å². The van der Waals surface area contributed by atoms with Crippen molar-refractivity contribution in [3.63, 3.8) is 0 Å². The molecule has 2 aromatic heterocycles. The van der Waals surface area contributed by atoms with Gasteiger partial charge in [-0.25, -0.2) is 19.6 Å². The van der Waals surface area contributed by atoms with Crippen LogP contribution in [0.4, 0.5) is 4.79 Å². The quantitative estimate of drug-likeness (QED) is 0.833. The number of ether oxygens (including phenoxy) is 2. The van der Waals surface area contributed by atoms with Crippen LogP contribution in [0.5, 0.6) is 5.88 Å². The van der Waals surface area contributed by atoms with E-state index in [9.17, 15) is 9.59 Å². The molecule has 0 atom stereocenters. The summed E-state index contributed by atoms with van der Waals surface area (Å²) in [5.74, 6) is -0.461. The Morgan fingerprint density at radius 2 is 1.96 bits per heavy atom. The van der Waals surface area contributed by atoms with Crippen molar-refractivity contribution in [3.05, 3.63) is 36.4 Å². The van der Waals surface area contributed by atoms with Gasteiger partial charge in [-0.3, -0.25) is 4.98 Å². The van der Waals surface area contributed by atoms with Crippen LogP contribution in [0.2, 0.25) is 0 Å². The van der Waals surface area contributed by atoms with E-state index in [2.05, 4.69) is 15.0 Å². The van der Waals surface area contributed by atoms with Gasteiger partial charge >= 0.3 is 12.1 Å². The zero-order chi connectivity index (χ0) is 20.3. The van der Waals surface area contributed by atoms with E-state index in [0.717, 1.165) is 0 Å². The minimum atomic E-state index is -1.14. The summed E-state index contributed by atoms with van der Waals surface area (Å²) < 4.78 is 11.0. The molecule has 0 aromatic carbocycles. The first-order valence-electron chi connectivity index (χ1n) is 8.84. The van der Waals surface area contributed by atoms with Crippen LogP contribution < -0.4 is 4.74 Å². The molecule has 1 aliphatic rings. The number of likely N-dealkylation sites (tertiary alicyclic amines) is 1. The predicted molar refractivity (Wildman–Crippen MR) is 99.0 cm³/mol. The minimum absolute atomic E-state index is 0.127. The number of aromatic carboxylic acids is 1. The second-order valence-electron chi connectivity index (χ2n) is 7.54. The maximum atomic E-state index is 11.9. The Kier molecular flexibility index (Phi) is 5.43. The fourth-order valence-corrected chi connectivity index (χ4v) is 2.58. The van der Waals surface area contributed by atoms with Crippen molar-refractivity contribution < 1.29 is 24.2 Å². The van der Waals surface area contributed by atoms with Gasteiger partial charge in [0, 0.05) is 36.8 Å². The van der Waals surface area contributed by atoms with E-state index in [0.29, 0.717) is 36.8 Å². The summed E-state index contributed by atoms with van der Waals surface area (Å²) in [6.07, 6.45) is 3.91. The summed E-state index contributed by atoms with van der Waals surface area (Å²) in [5, 5.41) is 8.99. The molecular formula is C19H22N4O5. The molecule has 1 amide bonds. The topological polar surface area (TPSA) is 115 Å². The molecule has 1 N–H and O–H groups in total. The summed E-state index contributed by atoms with van der Waals surface area (Å²) in [6.45, 7) is 7.13. The number of nitrogens with zero attached hydrogens (tertiary/aromatic N) is 4. The third-order valence-electron chi connectivity index (χ3n) is 3.96. The first-order chi connectivity index (χ1) is 13.2. The molecule has 0 unspecified atom stereocenters. The van der Waals surface area contributed by atoms with Gasteiger partial charge < -0.3 is 19.5 Å². The molecule has 1 saturated heterocycles. The number of hydrogen-bond donors (Lipinski definition) is 1. The van der Waals surface area contributed by atoms with Gasteiger partial charge in [-0.2, -0.15) is 0 Å². The van der Waals surface area contributed by atoms with E-state index >= 15 is 0 Å². The molecule has 0 radical (unpaired) electrons. The fourth-order valence-electron chi connectivity index (χ4n) is 2.58. The van der Waals surface area contributed by atoms with Gasteiger partial charge in [-0.1, -0.05) is 0 Å². The number of hydrogen-bond acceptors (Lipinski definition) is 7. The summed E-state index contributed by atoms with van der Waals surface area (Å²) >= 11 is 0. The number of amides is 1. The third kappa shape index (κ3) is 4.93. The standard InChI is InChI=1S/C19H22N4O5/c1-19(2,3)28-18(26)23-9-12(10-23)11-27-16-5-4-13(6-21-16)14-7-20-8-15(22-14)17(24)25/h4-8,12H,9-11H2,1-3H3,(H,24,25). The Morgan fingerprint density at radius 1 is 1.21 bits per heavy atom. The van der Waals surface area contributed by atoms with E-state index in [1.54, 1.807) is 23.2 Å². The largest absolute Gasteiger partial charge is 0.477 e. The number of carboxylic acids is 1. The van der Waals surface area contributed by atoms with Crippen LogP contribution in [0.25, 0.3) is 11.3 Å². The number of carbonyl (C=O) groups is 2. The first-order valence-corrected chi connectivity index (χ1v) is 8.84. The Bertz CT molecular complexity index is 857. The Hall–Kier alpha value is -3.23. The highest BCUT2D eigenvalue weighted by Gasteiger charge is 2.34. The number of carbonyl (C=O) groups excluding carboxylic acids is 1. The van der Waals surface area contributed by atoms with Gasteiger partial charge in [-0.15, -0.1) is 0 Å². The van der Waals surface area contributed by atoms with Crippen LogP contribution in [-0.2, 0) is 4.74 Å². The highest BCUT2D eigenvalue weighted by atomic mass is 16.6. The smallest absolute Gasteiger partial charge is 0.410 e. The first kappa shape index (κ1) is 19.5. The van der Waals surface area contributed by atoms with Gasteiger partial charge in [0.25, 0.3) is 0 Å². The minimum Gasteiger partial charge on any atom is -0.477 e. The lowest BCUT2D eigenvalue weighted by Gasteiger charge is -2.39. The summed E-state index contributed by atoms with van der Waals surface area (Å²) in [5.41, 5.74) is 0.435. The molecule has 0 aliphatic carbocycles. The summed E-state index contributed by atoms with van der Waals surface area (Å²) in [6, 6.07) is 3.43. The van der Waals surface area contributed by atoms with Crippen molar-refractivity contribution in [1.82, 2.24) is 19.9 Å². The number of pyridine rings is 1. The molecule has 9 heteroatoms. The zero-order valence-corrected chi connectivity index (χ0v) is 16.0. The van der Waals surface area contributed by atoms with E-state index in [1.165, 1.54) is 12.4 Å². The average molecular weight is 386 g/mol. The van der Waals surface area contributed by atoms with Gasteiger partial charge in [0.1, 0.15) is 5.60 Å². The summed E-state index contributed by atoms with van der Waals surface area (Å²) in [7, 11) is 0. The number of aromatic nitrogens is 3. The molecule has 2 aromatic rings. The van der Waals surface area contributed by atoms with Crippen LogP contribution >= 0.6 is 0 Å². The molecule has 1 aliphatic heterocycles. The van der Waals surface area contributed by atoms with E-state index in [1.807, 2.05) is 20.8 Å². The second kappa shape index (κ2) is 7.79. The predicted octanol–water partition coefficient (Wildman–Crippen LogP) is 2.48. The molecule has 1 fully saturated rings. The Morgan fingerprint density at radius 3 is 2.57 bits per heavy atom. The van der Waals surface area contributed by atoms with Crippen molar-refractivity contribution in [2.45, 2.75) is 26.4 Å². The van der Waals surface area contributed by atoms with Gasteiger partial charge in [-0.05, 0) is 26.8 Å². The fraction of sp³-hybridized carbons (Fsp3) is 0.421. The molecule has 3 rings (SSSR count). The number of carboxylic acid groups (broad SMARTS) is 1.